The molecule has 0 bridgehead atoms. The van der Waals surface area contributed by atoms with Crippen molar-refractivity contribution in [3.05, 3.63) is 23.8 Å². The maximum absolute atomic E-state index is 11.9. The standard InChI is InChI=1S/C15H22N2O4/c1-5-15(2,3)17-13(18)9-21-14(19)11-8-10(20-4)6-7-12(11)16/h6-8H,5,9,16H2,1-4H3,(H,17,18). The number of amides is 1. The molecule has 21 heavy (non-hydrogen) atoms. The van der Waals surface area contributed by atoms with Crippen LogP contribution in [0.5, 0.6) is 5.75 Å². The van der Waals surface area contributed by atoms with E-state index in [4.69, 9.17) is 15.2 Å². The summed E-state index contributed by atoms with van der Waals surface area (Å²) >= 11 is 0. The van der Waals surface area contributed by atoms with E-state index in [-0.39, 0.29) is 29.3 Å². The van der Waals surface area contributed by atoms with E-state index < -0.39 is 5.97 Å². The monoisotopic (exact) mass is 294 g/mol. The van der Waals surface area contributed by atoms with Gasteiger partial charge in [0.05, 0.1) is 12.7 Å². The average molecular weight is 294 g/mol. The van der Waals surface area contributed by atoms with E-state index in [0.717, 1.165) is 6.42 Å². The number of benzene rings is 1. The van der Waals surface area contributed by atoms with Crippen molar-refractivity contribution in [2.75, 3.05) is 19.5 Å². The highest BCUT2D eigenvalue weighted by molar-refractivity contribution is 5.96. The van der Waals surface area contributed by atoms with Crippen LogP contribution in [0.4, 0.5) is 5.69 Å². The van der Waals surface area contributed by atoms with Gasteiger partial charge < -0.3 is 20.5 Å². The Morgan fingerprint density at radius 2 is 2.00 bits per heavy atom. The van der Waals surface area contributed by atoms with Crippen molar-refractivity contribution < 1.29 is 19.1 Å². The molecule has 0 fully saturated rings. The van der Waals surface area contributed by atoms with Crippen LogP contribution in [0.2, 0.25) is 0 Å². The maximum atomic E-state index is 11.9. The summed E-state index contributed by atoms with van der Waals surface area (Å²) in [4.78, 5) is 23.7. The minimum atomic E-state index is -0.657. The van der Waals surface area contributed by atoms with Gasteiger partial charge >= 0.3 is 5.97 Å². The largest absolute Gasteiger partial charge is 0.497 e. The first-order chi connectivity index (χ1) is 9.79. The predicted octanol–water partition coefficient (Wildman–Crippen LogP) is 1.74. The van der Waals surface area contributed by atoms with Crippen LogP contribution in [0.1, 0.15) is 37.6 Å². The quantitative estimate of drug-likeness (QED) is 0.616. The van der Waals surface area contributed by atoms with Crippen molar-refractivity contribution in [1.29, 1.82) is 0 Å². The second kappa shape index (κ2) is 6.97. The summed E-state index contributed by atoms with van der Waals surface area (Å²) in [6.45, 7) is 5.40. The molecule has 0 unspecified atom stereocenters. The van der Waals surface area contributed by atoms with Crippen LogP contribution in [0.15, 0.2) is 18.2 Å². The molecule has 1 amide bonds. The lowest BCUT2D eigenvalue weighted by Crippen LogP contribution is -2.44. The fourth-order valence-corrected chi connectivity index (χ4v) is 1.55. The normalized spacial score (nSPS) is 10.9. The zero-order valence-corrected chi connectivity index (χ0v) is 12.9. The number of hydrogen-bond acceptors (Lipinski definition) is 5. The molecule has 0 heterocycles. The van der Waals surface area contributed by atoms with Gasteiger partial charge in [0.2, 0.25) is 0 Å². The molecular formula is C15H22N2O4. The molecule has 1 rings (SSSR count). The number of carbonyl (C=O) groups excluding carboxylic acids is 2. The van der Waals surface area contributed by atoms with E-state index in [2.05, 4.69) is 5.32 Å². The first kappa shape index (κ1) is 16.8. The summed E-state index contributed by atoms with van der Waals surface area (Å²) < 4.78 is 10.00. The van der Waals surface area contributed by atoms with Crippen molar-refractivity contribution in [2.45, 2.75) is 32.7 Å². The van der Waals surface area contributed by atoms with Crippen LogP contribution in [0.3, 0.4) is 0 Å². The van der Waals surface area contributed by atoms with Gasteiger partial charge in [-0.1, -0.05) is 6.92 Å². The molecule has 0 saturated heterocycles. The van der Waals surface area contributed by atoms with E-state index in [1.807, 2.05) is 20.8 Å². The lowest BCUT2D eigenvalue weighted by Gasteiger charge is -2.24. The van der Waals surface area contributed by atoms with Gasteiger partial charge in [-0.25, -0.2) is 4.79 Å². The Bertz CT molecular complexity index is 526. The molecule has 0 saturated carbocycles. The molecular weight excluding hydrogens is 272 g/mol. The highest BCUT2D eigenvalue weighted by Gasteiger charge is 2.19. The van der Waals surface area contributed by atoms with E-state index >= 15 is 0 Å². The predicted molar refractivity (Wildman–Crippen MR) is 80.2 cm³/mol. The minimum Gasteiger partial charge on any atom is -0.497 e. The Morgan fingerprint density at radius 1 is 1.33 bits per heavy atom. The fourth-order valence-electron chi connectivity index (χ4n) is 1.55. The molecule has 0 aliphatic carbocycles. The van der Waals surface area contributed by atoms with Crippen LogP contribution in [0, 0.1) is 0 Å². The van der Waals surface area contributed by atoms with E-state index in [0.29, 0.717) is 5.75 Å². The highest BCUT2D eigenvalue weighted by atomic mass is 16.5. The Morgan fingerprint density at radius 3 is 2.57 bits per heavy atom. The van der Waals surface area contributed by atoms with E-state index in [1.165, 1.54) is 13.2 Å². The Kier molecular flexibility index (Phi) is 5.58. The summed E-state index contributed by atoms with van der Waals surface area (Å²) in [6, 6.07) is 4.67. The molecule has 0 aromatic heterocycles. The number of methoxy groups -OCH3 is 1. The molecule has 0 radical (unpaired) electrons. The topological polar surface area (TPSA) is 90.6 Å². The van der Waals surface area contributed by atoms with Crippen LogP contribution in [-0.4, -0.2) is 31.1 Å². The molecule has 1 aromatic carbocycles. The van der Waals surface area contributed by atoms with Crippen LogP contribution in [0.25, 0.3) is 0 Å². The lowest BCUT2D eigenvalue weighted by atomic mass is 10.0. The Balaban J connectivity index is 2.64. The first-order valence-electron chi connectivity index (χ1n) is 6.70. The molecule has 116 valence electrons. The van der Waals surface area contributed by atoms with Crippen LogP contribution in [-0.2, 0) is 9.53 Å². The number of hydrogen-bond donors (Lipinski definition) is 2. The minimum absolute atomic E-state index is 0.178. The maximum Gasteiger partial charge on any atom is 0.340 e. The second-order valence-corrected chi connectivity index (χ2v) is 5.31. The summed E-state index contributed by atoms with van der Waals surface area (Å²) in [5.74, 6) is -0.514. The van der Waals surface area contributed by atoms with Crippen molar-refractivity contribution in [1.82, 2.24) is 5.32 Å². The fraction of sp³-hybridized carbons (Fsp3) is 0.467. The number of nitrogens with two attached hydrogens (primary N) is 1. The number of ether oxygens (including phenoxy) is 2. The third kappa shape index (κ3) is 4.98. The van der Waals surface area contributed by atoms with Crippen LogP contribution >= 0.6 is 0 Å². The van der Waals surface area contributed by atoms with Crippen molar-refractivity contribution in [3.8, 4) is 5.75 Å². The van der Waals surface area contributed by atoms with Gasteiger partial charge in [-0.15, -0.1) is 0 Å². The Hall–Kier alpha value is -2.24. The summed E-state index contributed by atoms with van der Waals surface area (Å²) in [6.07, 6.45) is 0.773. The number of nitrogens with one attached hydrogen (secondary N) is 1. The second-order valence-electron chi connectivity index (χ2n) is 5.31. The first-order valence-corrected chi connectivity index (χ1v) is 6.70. The van der Waals surface area contributed by atoms with Crippen molar-refractivity contribution in [3.63, 3.8) is 0 Å². The molecule has 6 nitrogen and oxygen atoms in total. The van der Waals surface area contributed by atoms with E-state index in [9.17, 15) is 9.59 Å². The van der Waals surface area contributed by atoms with E-state index in [1.54, 1.807) is 12.1 Å². The molecule has 0 spiro atoms. The summed E-state index contributed by atoms with van der Waals surface area (Å²) in [7, 11) is 1.49. The molecule has 0 aliphatic heterocycles. The number of rotatable bonds is 6. The van der Waals surface area contributed by atoms with Gasteiger partial charge in [0.15, 0.2) is 6.61 Å². The zero-order chi connectivity index (χ0) is 16.0. The van der Waals surface area contributed by atoms with Gasteiger partial charge in [0, 0.05) is 11.2 Å². The molecule has 0 aliphatic rings. The summed E-state index contributed by atoms with van der Waals surface area (Å²) in [5.41, 5.74) is 5.83. The molecule has 6 heteroatoms. The molecule has 1 aromatic rings. The molecule has 3 N–H and O–H groups in total. The SMILES string of the molecule is CCC(C)(C)NC(=O)COC(=O)c1cc(OC)ccc1N. The van der Waals surface area contributed by atoms with Crippen molar-refractivity contribution in [2.24, 2.45) is 0 Å². The third-order valence-corrected chi connectivity index (χ3v) is 3.18. The van der Waals surface area contributed by atoms with Gasteiger partial charge in [-0.05, 0) is 38.5 Å². The lowest BCUT2D eigenvalue weighted by molar-refractivity contribution is -0.125. The average Bonchev–Trinajstić information content (AvgIpc) is 2.45. The smallest absolute Gasteiger partial charge is 0.340 e. The highest BCUT2D eigenvalue weighted by Crippen LogP contribution is 2.20. The van der Waals surface area contributed by atoms with Gasteiger partial charge in [-0.3, -0.25) is 4.79 Å². The number of anilines is 1. The van der Waals surface area contributed by atoms with Gasteiger partial charge in [0.25, 0.3) is 5.91 Å². The Labute approximate surface area is 124 Å². The number of esters is 1. The zero-order valence-electron chi connectivity index (χ0n) is 12.9. The molecule has 0 atom stereocenters. The summed E-state index contributed by atoms with van der Waals surface area (Å²) in [5, 5.41) is 2.78. The number of carbonyl (C=O) groups is 2. The van der Waals surface area contributed by atoms with Gasteiger partial charge in [-0.2, -0.15) is 0 Å². The van der Waals surface area contributed by atoms with Crippen molar-refractivity contribution >= 4 is 17.6 Å². The van der Waals surface area contributed by atoms with Gasteiger partial charge in [0.1, 0.15) is 5.75 Å². The third-order valence-electron chi connectivity index (χ3n) is 3.18. The van der Waals surface area contributed by atoms with Crippen LogP contribution < -0.4 is 15.8 Å². The number of nitrogen functional groups attached to an aromatic ring is 1.